The zero-order chi connectivity index (χ0) is 24.7. The van der Waals surface area contributed by atoms with E-state index in [1.165, 1.54) is 6.07 Å². The highest BCUT2D eigenvalue weighted by Crippen LogP contribution is 2.36. The van der Waals surface area contributed by atoms with Crippen LogP contribution in [0.4, 0.5) is 18.9 Å². The second-order valence-electron chi connectivity index (χ2n) is 7.53. The minimum absolute atomic E-state index is 0.0254. The van der Waals surface area contributed by atoms with Crippen molar-refractivity contribution in [2.24, 2.45) is 0 Å². The van der Waals surface area contributed by atoms with Crippen molar-refractivity contribution in [1.29, 1.82) is 0 Å². The van der Waals surface area contributed by atoms with Crippen molar-refractivity contribution >= 4 is 30.2 Å². The Labute approximate surface area is 200 Å². The third kappa shape index (κ3) is 7.76. The van der Waals surface area contributed by atoms with Crippen molar-refractivity contribution in [3.63, 3.8) is 0 Å². The molecule has 34 heavy (non-hydrogen) atoms. The molecule has 0 aliphatic heterocycles. The molecule has 11 heteroatoms. The number of carbonyl (C=O) groups is 1. The van der Waals surface area contributed by atoms with Gasteiger partial charge in [0, 0.05) is 30.9 Å². The maximum Gasteiger partial charge on any atom is 0.417 e. The Balaban J connectivity index is 1.58. The van der Waals surface area contributed by atoms with Crippen molar-refractivity contribution in [2.75, 3.05) is 5.32 Å². The predicted octanol–water partition coefficient (Wildman–Crippen LogP) is 5.32. The van der Waals surface area contributed by atoms with E-state index in [1.807, 2.05) is 6.07 Å². The first kappa shape index (κ1) is 25.5. The van der Waals surface area contributed by atoms with Crippen molar-refractivity contribution in [2.45, 2.75) is 32.4 Å². The first-order chi connectivity index (χ1) is 16.1. The summed E-state index contributed by atoms with van der Waals surface area (Å²) >= 11 is 5.61. The summed E-state index contributed by atoms with van der Waals surface area (Å²) in [5, 5.41) is 14.2. The average molecular weight is 492 g/mol. The summed E-state index contributed by atoms with van der Waals surface area (Å²) in [6, 6.07) is 13.9. The summed E-state index contributed by atoms with van der Waals surface area (Å²) in [7, 11) is -0.661. The first-order valence-electron chi connectivity index (χ1n) is 10.4. The van der Waals surface area contributed by atoms with Gasteiger partial charge in [-0.3, -0.25) is 9.78 Å². The SMILES string of the molecule is CB(O)NCc1cc(Oc2cccc(CCC(=O)Nc3ccc(Cl)c(C(F)(F)F)c3)c2)ccn1. The molecule has 0 spiro atoms. The van der Waals surface area contributed by atoms with E-state index in [0.717, 1.165) is 17.7 Å². The zero-order valence-corrected chi connectivity index (χ0v) is 19.0. The van der Waals surface area contributed by atoms with E-state index in [1.54, 1.807) is 43.4 Å². The van der Waals surface area contributed by atoms with Crippen LogP contribution in [0.3, 0.4) is 0 Å². The lowest BCUT2D eigenvalue weighted by Gasteiger charge is -2.12. The molecule has 3 N–H and O–H groups in total. The first-order valence-corrected chi connectivity index (χ1v) is 10.8. The molecule has 0 saturated heterocycles. The highest BCUT2D eigenvalue weighted by molar-refractivity contribution is 6.45. The maximum atomic E-state index is 13.0. The highest BCUT2D eigenvalue weighted by Gasteiger charge is 2.33. The molecule has 6 nitrogen and oxygen atoms in total. The molecule has 3 rings (SSSR count). The van der Waals surface area contributed by atoms with Gasteiger partial charge in [-0.05, 0) is 55.2 Å². The molecule has 0 bridgehead atoms. The average Bonchev–Trinajstić information content (AvgIpc) is 2.77. The molecule has 1 aromatic heterocycles. The summed E-state index contributed by atoms with van der Waals surface area (Å²) in [6.45, 7) is 1.99. The Bertz CT molecular complexity index is 1150. The van der Waals surface area contributed by atoms with Gasteiger partial charge in [-0.2, -0.15) is 13.2 Å². The monoisotopic (exact) mass is 491 g/mol. The van der Waals surface area contributed by atoms with Gasteiger partial charge in [0.05, 0.1) is 16.3 Å². The number of amides is 1. The van der Waals surface area contributed by atoms with E-state index in [2.05, 4.69) is 15.5 Å². The summed E-state index contributed by atoms with van der Waals surface area (Å²) in [5.74, 6) is 0.702. The Morgan fingerprint density at radius 1 is 1.15 bits per heavy atom. The van der Waals surface area contributed by atoms with Crippen LogP contribution in [0.2, 0.25) is 11.8 Å². The summed E-state index contributed by atoms with van der Waals surface area (Å²) in [5.41, 5.74) is 0.544. The summed E-state index contributed by atoms with van der Waals surface area (Å²) < 4.78 is 44.9. The maximum absolute atomic E-state index is 13.0. The Morgan fingerprint density at radius 2 is 1.91 bits per heavy atom. The number of anilines is 1. The standard InChI is InChI=1S/C23H22BClF3N3O3/c1-24(33)30-14-17-12-19(9-10-29-17)34-18-4-2-3-15(11-18)5-8-22(32)31-16-6-7-21(25)20(13-16)23(26,27)28/h2-4,6-7,9-13,30,33H,5,8,14H2,1H3,(H,31,32). The molecule has 3 aromatic rings. The fraction of sp³-hybridized carbons (Fsp3) is 0.217. The molecule has 1 amide bonds. The van der Waals surface area contributed by atoms with Crippen molar-refractivity contribution < 1.29 is 27.7 Å². The molecule has 1 heterocycles. The minimum Gasteiger partial charge on any atom is -0.457 e. The van der Waals surface area contributed by atoms with Crippen LogP contribution < -0.4 is 15.3 Å². The van der Waals surface area contributed by atoms with Crippen LogP contribution in [-0.2, 0) is 23.9 Å². The number of hydrogen-bond acceptors (Lipinski definition) is 5. The lowest BCUT2D eigenvalue weighted by atomic mass is 9.89. The van der Waals surface area contributed by atoms with E-state index in [0.29, 0.717) is 30.2 Å². The molecule has 0 unspecified atom stereocenters. The van der Waals surface area contributed by atoms with E-state index < -0.39 is 29.7 Å². The predicted molar refractivity (Wildman–Crippen MR) is 125 cm³/mol. The van der Waals surface area contributed by atoms with Gasteiger partial charge >= 0.3 is 13.2 Å². The van der Waals surface area contributed by atoms with Crippen LogP contribution in [0, 0.1) is 0 Å². The molecule has 0 radical (unpaired) electrons. The van der Waals surface area contributed by atoms with E-state index >= 15 is 0 Å². The van der Waals surface area contributed by atoms with Crippen LogP contribution >= 0.6 is 11.6 Å². The molecule has 0 atom stereocenters. The Hall–Kier alpha value is -3.08. The molecule has 0 saturated carbocycles. The number of aromatic nitrogens is 1. The second kappa shape index (κ2) is 11.4. The van der Waals surface area contributed by atoms with Gasteiger partial charge < -0.3 is 20.3 Å². The van der Waals surface area contributed by atoms with Crippen LogP contribution in [0.25, 0.3) is 0 Å². The van der Waals surface area contributed by atoms with Gasteiger partial charge in [0.1, 0.15) is 11.5 Å². The number of alkyl halides is 3. The van der Waals surface area contributed by atoms with Crippen LogP contribution in [0.1, 0.15) is 23.2 Å². The van der Waals surface area contributed by atoms with E-state index in [-0.39, 0.29) is 12.1 Å². The van der Waals surface area contributed by atoms with Gasteiger partial charge in [0.2, 0.25) is 5.91 Å². The van der Waals surface area contributed by atoms with Crippen LogP contribution in [0.5, 0.6) is 11.5 Å². The quantitative estimate of drug-likeness (QED) is 0.353. The smallest absolute Gasteiger partial charge is 0.417 e. The number of rotatable bonds is 9. The molecule has 0 aliphatic carbocycles. The summed E-state index contributed by atoms with van der Waals surface area (Å²) in [4.78, 5) is 16.5. The van der Waals surface area contributed by atoms with Gasteiger partial charge in [0.15, 0.2) is 0 Å². The number of pyridine rings is 1. The molecule has 0 fully saturated rings. The normalized spacial score (nSPS) is 11.2. The Kier molecular flexibility index (Phi) is 8.54. The molecule has 178 valence electrons. The van der Waals surface area contributed by atoms with Gasteiger partial charge in [0.25, 0.3) is 0 Å². The van der Waals surface area contributed by atoms with Gasteiger partial charge in [-0.15, -0.1) is 0 Å². The van der Waals surface area contributed by atoms with Crippen molar-refractivity contribution in [3.8, 4) is 11.5 Å². The zero-order valence-electron chi connectivity index (χ0n) is 18.2. The lowest BCUT2D eigenvalue weighted by molar-refractivity contribution is -0.137. The number of hydrogen-bond donors (Lipinski definition) is 3. The van der Waals surface area contributed by atoms with E-state index in [9.17, 15) is 23.0 Å². The van der Waals surface area contributed by atoms with Gasteiger partial charge in [-0.25, -0.2) is 0 Å². The third-order valence-electron chi connectivity index (χ3n) is 4.70. The summed E-state index contributed by atoms with van der Waals surface area (Å²) in [6.07, 6.45) is -2.58. The van der Waals surface area contributed by atoms with Crippen LogP contribution in [-0.4, -0.2) is 23.0 Å². The van der Waals surface area contributed by atoms with Crippen LogP contribution in [0.15, 0.2) is 60.8 Å². The molecular formula is C23H22BClF3N3O3. The number of carbonyl (C=O) groups excluding carboxylic acids is 1. The fourth-order valence-electron chi connectivity index (χ4n) is 3.07. The Morgan fingerprint density at radius 3 is 2.65 bits per heavy atom. The topological polar surface area (TPSA) is 83.5 Å². The van der Waals surface area contributed by atoms with E-state index in [4.69, 9.17) is 16.3 Å². The number of aryl methyl sites for hydroxylation is 1. The molecule has 0 aliphatic rings. The number of nitrogens with zero attached hydrogens (tertiary/aromatic N) is 1. The third-order valence-corrected chi connectivity index (χ3v) is 5.03. The molecule has 2 aromatic carbocycles. The number of nitrogens with one attached hydrogen (secondary N) is 2. The largest absolute Gasteiger partial charge is 0.457 e. The minimum atomic E-state index is -4.61. The number of ether oxygens (including phenoxy) is 1. The lowest BCUT2D eigenvalue weighted by Crippen LogP contribution is -2.30. The van der Waals surface area contributed by atoms with Crippen molar-refractivity contribution in [1.82, 2.24) is 10.2 Å². The second-order valence-corrected chi connectivity index (χ2v) is 7.94. The molecular weight excluding hydrogens is 470 g/mol. The number of benzene rings is 2. The highest BCUT2D eigenvalue weighted by atomic mass is 35.5. The number of halogens is 4. The van der Waals surface area contributed by atoms with Gasteiger partial charge in [-0.1, -0.05) is 23.7 Å². The fourth-order valence-corrected chi connectivity index (χ4v) is 3.30. The van der Waals surface area contributed by atoms with Crippen molar-refractivity contribution in [3.05, 3.63) is 82.6 Å².